The fourth-order valence-corrected chi connectivity index (χ4v) is 5.95. The Morgan fingerprint density at radius 1 is 0.920 bits per heavy atom. The largest absolute Gasteiger partial charge is 0.357 e. The first-order valence-electron chi connectivity index (χ1n) is 7.54. The number of thiazole rings is 1. The van der Waals surface area contributed by atoms with Crippen LogP contribution in [0.25, 0.3) is 20.8 Å². The number of nitrogens with zero attached hydrogens (tertiary/aromatic N) is 2. The third-order valence-electron chi connectivity index (χ3n) is 3.63. The lowest BCUT2D eigenvalue weighted by Crippen LogP contribution is -3.61. The summed E-state index contributed by atoms with van der Waals surface area (Å²) in [7, 11) is 0. The van der Waals surface area contributed by atoms with Crippen LogP contribution in [0.15, 0.2) is 72.8 Å². The topological polar surface area (TPSA) is 56.0 Å². The molecule has 4 rings (SSSR count). The Labute approximate surface area is 158 Å². The average Bonchev–Trinajstić information content (AvgIpc) is 3.06. The Balaban J connectivity index is 1.65. The molecular weight excluding hydrogens is 447 g/mol. The standard InChI is InChI=1S/C19H12IN2O2S/c23-22(24)16-9-6-13(7-10-16)19-21-17-11-8-15(12-18(17)25-19)20-14-4-2-1-3-5-14/h1-12H/q+1. The maximum absolute atomic E-state index is 10.8. The minimum Gasteiger partial charge on any atom is -0.258 e. The lowest BCUT2D eigenvalue weighted by atomic mass is 10.2. The van der Waals surface area contributed by atoms with Crippen LogP contribution in [-0.4, -0.2) is 9.91 Å². The normalized spacial score (nSPS) is 10.9. The lowest BCUT2D eigenvalue weighted by molar-refractivity contribution is -0.597. The number of fused-ring (bicyclic) bond motifs is 1. The zero-order chi connectivity index (χ0) is 17.2. The molecule has 0 unspecified atom stereocenters. The number of rotatable bonds is 4. The van der Waals surface area contributed by atoms with Gasteiger partial charge in [-0.2, -0.15) is 0 Å². The van der Waals surface area contributed by atoms with Crippen molar-refractivity contribution in [1.82, 2.24) is 4.98 Å². The highest BCUT2D eigenvalue weighted by atomic mass is 127. The molecule has 0 N–H and O–H groups in total. The minimum atomic E-state index is -0.387. The smallest absolute Gasteiger partial charge is 0.258 e. The van der Waals surface area contributed by atoms with Crippen molar-refractivity contribution < 1.29 is 26.1 Å². The summed E-state index contributed by atoms with van der Waals surface area (Å²) in [5.41, 5.74) is 1.98. The van der Waals surface area contributed by atoms with E-state index in [0.29, 0.717) is 0 Å². The molecule has 4 aromatic rings. The van der Waals surface area contributed by atoms with Crippen LogP contribution in [0, 0.1) is 17.3 Å². The first-order valence-corrected chi connectivity index (χ1v) is 10.5. The van der Waals surface area contributed by atoms with Gasteiger partial charge in [0.05, 0.1) is 15.1 Å². The molecule has 1 heterocycles. The van der Waals surface area contributed by atoms with Crippen LogP contribution in [0.5, 0.6) is 0 Å². The molecule has 0 bridgehead atoms. The van der Waals surface area contributed by atoms with E-state index in [1.165, 1.54) is 19.3 Å². The van der Waals surface area contributed by atoms with E-state index in [1.54, 1.807) is 23.5 Å². The highest BCUT2D eigenvalue weighted by Gasteiger charge is 2.17. The van der Waals surface area contributed by atoms with Crippen LogP contribution in [0.1, 0.15) is 0 Å². The fraction of sp³-hybridized carbons (Fsp3) is 0. The number of nitro benzene ring substituents is 1. The predicted octanol–water partition coefficient (Wildman–Crippen LogP) is 2.00. The molecule has 3 aromatic carbocycles. The van der Waals surface area contributed by atoms with Crippen molar-refractivity contribution in [3.63, 3.8) is 0 Å². The quantitative estimate of drug-likeness (QED) is 0.267. The van der Waals surface area contributed by atoms with Gasteiger partial charge in [0.15, 0.2) is 7.14 Å². The van der Waals surface area contributed by atoms with E-state index in [4.69, 9.17) is 0 Å². The Kier molecular flexibility index (Phi) is 4.46. The molecule has 6 heteroatoms. The summed E-state index contributed by atoms with van der Waals surface area (Å²) < 4.78 is 3.90. The molecule has 0 radical (unpaired) electrons. The van der Waals surface area contributed by atoms with E-state index < -0.39 is 0 Å². The molecule has 0 amide bonds. The van der Waals surface area contributed by atoms with E-state index in [9.17, 15) is 10.1 Å². The number of benzene rings is 3. The van der Waals surface area contributed by atoms with Crippen LogP contribution >= 0.6 is 11.3 Å². The zero-order valence-electron chi connectivity index (χ0n) is 12.9. The Bertz CT molecular complexity index is 1050. The molecule has 0 spiro atoms. The minimum absolute atomic E-state index is 0.0970. The number of non-ortho nitro benzene ring substituents is 1. The van der Waals surface area contributed by atoms with Crippen LogP contribution in [0.3, 0.4) is 0 Å². The van der Waals surface area contributed by atoms with Crippen LogP contribution in [0.4, 0.5) is 5.69 Å². The molecule has 122 valence electrons. The second-order valence-corrected chi connectivity index (χ2v) is 9.39. The molecule has 0 aliphatic heterocycles. The zero-order valence-corrected chi connectivity index (χ0v) is 15.9. The summed E-state index contributed by atoms with van der Waals surface area (Å²) in [5, 5.41) is 11.7. The first-order chi connectivity index (χ1) is 12.2. The number of aromatic nitrogens is 1. The van der Waals surface area contributed by atoms with Gasteiger partial charge in [-0.25, -0.2) is 4.98 Å². The third kappa shape index (κ3) is 3.54. The SMILES string of the molecule is O=[N+]([O-])c1ccc(-c2nc3ccc([I+]c4ccccc4)cc3s2)cc1. The van der Waals surface area contributed by atoms with Gasteiger partial charge in [0, 0.05) is 23.8 Å². The molecule has 1 aromatic heterocycles. The van der Waals surface area contributed by atoms with E-state index in [0.717, 1.165) is 20.8 Å². The molecule has 4 nitrogen and oxygen atoms in total. The number of hydrogen-bond donors (Lipinski definition) is 0. The summed E-state index contributed by atoms with van der Waals surface area (Å²) >= 11 is 1.43. The molecule has 25 heavy (non-hydrogen) atoms. The van der Waals surface area contributed by atoms with Crippen molar-refractivity contribution in [2.45, 2.75) is 0 Å². The highest BCUT2D eigenvalue weighted by Crippen LogP contribution is 2.30. The maximum atomic E-state index is 10.8. The van der Waals surface area contributed by atoms with Crippen molar-refractivity contribution in [1.29, 1.82) is 0 Å². The number of halogens is 1. The summed E-state index contributed by atoms with van der Waals surface area (Å²) in [5.74, 6) is 0. The van der Waals surface area contributed by atoms with E-state index in [1.807, 2.05) is 6.07 Å². The second kappa shape index (κ2) is 6.89. The van der Waals surface area contributed by atoms with Crippen molar-refractivity contribution in [2.75, 3.05) is 0 Å². The van der Waals surface area contributed by atoms with Crippen molar-refractivity contribution >= 4 is 27.2 Å². The van der Waals surface area contributed by atoms with E-state index in [-0.39, 0.29) is 31.8 Å². The van der Waals surface area contributed by atoms with Crippen LogP contribution in [0.2, 0.25) is 0 Å². The van der Waals surface area contributed by atoms with Crippen molar-refractivity contribution in [2.24, 2.45) is 0 Å². The second-order valence-electron chi connectivity index (χ2n) is 5.33. The molecular formula is C19H12IN2O2S+. The van der Waals surface area contributed by atoms with Gasteiger partial charge in [-0.1, -0.05) is 18.2 Å². The molecule has 0 fully saturated rings. The monoisotopic (exact) mass is 459 g/mol. The fourth-order valence-electron chi connectivity index (χ4n) is 2.41. The highest BCUT2D eigenvalue weighted by molar-refractivity contribution is 7.21. The Morgan fingerprint density at radius 2 is 1.68 bits per heavy atom. The maximum Gasteiger partial charge on any atom is 0.357 e. The van der Waals surface area contributed by atoms with Crippen LogP contribution < -0.4 is 21.2 Å². The number of nitro groups is 1. The Hall–Kier alpha value is -2.32. The summed E-state index contributed by atoms with van der Waals surface area (Å²) in [4.78, 5) is 15.1. The number of hydrogen-bond acceptors (Lipinski definition) is 4. The summed E-state index contributed by atoms with van der Waals surface area (Å²) in [6.45, 7) is 0. The predicted molar refractivity (Wildman–Crippen MR) is 95.5 cm³/mol. The molecule has 0 aliphatic carbocycles. The molecule has 0 atom stereocenters. The van der Waals surface area contributed by atoms with E-state index >= 15 is 0 Å². The van der Waals surface area contributed by atoms with Crippen LogP contribution in [-0.2, 0) is 0 Å². The first kappa shape index (κ1) is 16.2. The van der Waals surface area contributed by atoms with Gasteiger partial charge in [-0.15, -0.1) is 11.3 Å². The van der Waals surface area contributed by atoms with Gasteiger partial charge in [0.2, 0.25) is 0 Å². The van der Waals surface area contributed by atoms with Gasteiger partial charge in [0.25, 0.3) is 5.69 Å². The average molecular weight is 459 g/mol. The lowest BCUT2D eigenvalue weighted by Gasteiger charge is -1.95. The molecule has 0 aliphatic rings. The summed E-state index contributed by atoms with van der Waals surface area (Å²) in [6.07, 6.45) is 0. The van der Waals surface area contributed by atoms with E-state index in [2.05, 4.69) is 47.4 Å². The van der Waals surface area contributed by atoms with Gasteiger partial charge < -0.3 is 0 Å². The summed E-state index contributed by atoms with van der Waals surface area (Å²) in [6, 6.07) is 23.5. The third-order valence-corrected chi connectivity index (χ3v) is 7.33. The van der Waals surface area contributed by atoms with Crippen molar-refractivity contribution in [3.8, 4) is 10.6 Å². The van der Waals surface area contributed by atoms with Gasteiger partial charge in [0.1, 0.15) is 5.01 Å². The Morgan fingerprint density at radius 3 is 2.40 bits per heavy atom. The van der Waals surface area contributed by atoms with Gasteiger partial charge in [-0.3, -0.25) is 10.1 Å². The van der Waals surface area contributed by atoms with Gasteiger partial charge in [-0.05, 0) is 36.4 Å². The van der Waals surface area contributed by atoms with Gasteiger partial charge >= 0.3 is 21.2 Å². The van der Waals surface area contributed by atoms with Crippen molar-refractivity contribution in [3.05, 3.63) is 90.1 Å². The molecule has 0 saturated carbocycles. The molecule has 0 saturated heterocycles.